The van der Waals surface area contributed by atoms with Crippen LogP contribution in [0, 0.1) is 0 Å². The van der Waals surface area contributed by atoms with Crippen LogP contribution in [0.3, 0.4) is 0 Å². The van der Waals surface area contributed by atoms with Crippen molar-refractivity contribution < 1.29 is 0 Å². The predicted molar refractivity (Wildman–Crippen MR) is 283 cm³/mol. The molecular formula is C66H46. The number of rotatable bonds is 10. The molecule has 0 unspecified atom stereocenters. The minimum Gasteiger partial charge on any atom is -0.0622 e. The van der Waals surface area contributed by atoms with Gasteiger partial charge in [-0.1, -0.05) is 231 Å². The second-order valence-corrected chi connectivity index (χ2v) is 16.8. The Morgan fingerprint density at radius 3 is 0.742 bits per heavy atom. The third-order valence-corrected chi connectivity index (χ3v) is 12.6. The molecule has 310 valence electrons. The van der Waals surface area contributed by atoms with E-state index in [1.54, 1.807) is 0 Å². The molecule has 0 spiro atoms. The summed E-state index contributed by atoms with van der Waals surface area (Å²) in [5, 5.41) is 4.87. The zero-order chi connectivity index (χ0) is 44.1. The van der Waals surface area contributed by atoms with Crippen molar-refractivity contribution in [2.45, 2.75) is 0 Å². The van der Waals surface area contributed by atoms with Crippen LogP contribution in [-0.2, 0) is 0 Å². The Bertz CT molecular complexity index is 3140. The zero-order valence-electron chi connectivity index (χ0n) is 36.6. The van der Waals surface area contributed by atoms with Crippen molar-refractivity contribution in [2.75, 3.05) is 0 Å². The summed E-state index contributed by atoms with van der Waals surface area (Å²) in [7, 11) is 0. The van der Waals surface area contributed by atoms with Crippen molar-refractivity contribution in [1.29, 1.82) is 0 Å². The molecule has 0 saturated carbocycles. The molecule has 11 aromatic carbocycles. The largest absolute Gasteiger partial charge is 0.0622 e. The van der Waals surface area contributed by atoms with E-state index in [9.17, 15) is 0 Å². The van der Waals surface area contributed by atoms with E-state index in [1.165, 1.54) is 99.5 Å². The van der Waals surface area contributed by atoms with Gasteiger partial charge in [0.05, 0.1) is 0 Å². The van der Waals surface area contributed by atoms with Gasteiger partial charge in [-0.05, 0) is 159 Å². The fourth-order valence-corrected chi connectivity index (χ4v) is 9.57. The molecule has 0 amide bonds. The van der Waals surface area contributed by atoms with Crippen molar-refractivity contribution >= 4 is 44.8 Å². The lowest BCUT2D eigenvalue weighted by atomic mass is 9.83. The van der Waals surface area contributed by atoms with Crippen LogP contribution in [0.25, 0.3) is 89.4 Å². The summed E-state index contributed by atoms with van der Waals surface area (Å²) in [6.07, 6.45) is 4.73. The van der Waals surface area contributed by atoms with Gasteiger partial charge in [0.25, 0.3) is 0 Å². The Morgan fingerprint density at radius 1 is 0.212 bits per heavy atom. The van der Waals surface area contributed by atoms with Crippen molar-refractivity contribution in [2.24, 2.45) is 0 Å². The summed E-state index contributed by atoms with van der Waals surface area (Å²) in [5.74, 6) is 0. The highest BCUT2D eigenvalue weighted by Gasteiger charge is 2.19. The average Bonchev–Trinajstić information content (AvgIpc) is 3.40. The highest BCUT2D eigenvalue weighted by molar-refractivity contribution is 6.22. The lowest BCUT2D eigenvalue weighted by molar-refractivity contribution is 1.54. The quantitative estimate of drug-likeness (QED) is 0.0951. The molecule has 0 fully saturated rings. The van der Waals surface area contributed by atoms with Crippen LogP contribution in [0.5, 0.6) is 0 Å². The topological polar surface area (TPSA) is 0 Å². The van der Waals surface area contributed by atoms with Gasteiger partial charge in [-0.2, -0.15) is 0 Å². The first-order valence-electron chi connectivity index (χ1n) is 22.7. The van der Waals surface area contributed by atoms with Gasteiger partial charge >= 0.3 is 0 Å². The molecule has 0 aromatic heterocycles. The molecule has 0 heterocycles. The fraction of sp³-hybridized carbons (Fsp3) is 0. The Labute approximate surface area is 387 Å². The molecule has 0 heteroatoms. The minimum atomic E-state index is 1.14. The first-order chi connectivity index (χ1) is 32.7. The Kier molecular flexibility index (Phi) is 11.1. The van der Waals surface area contributed by atoms with E-state index in [4.69, 9.17) is 0 Å². The molecule has 11 aromatic rings. The maximum absolute atomic E-state index is 2.39. The van der Waals surface area contributed by atoms with Crippen LogP contribution in [0.1, 0.15) is 33.4 Å². The summed E-state index contributed by atoms with van der Waals surface area (Å²) in [6.45, 7) is 0. The first-order valence-corrected chi connectivity index (χ1v) is 22.7. The third kappa shape index (κ3) is 8.21. The normalized spacial score (nSPS) is 11.0. The second kappa shape index (κ2) is 18.3. The molecule has 0 saturated heterocycles. The molecule has 0 radical (unpaired) electrons. The number of benzene rings is 11. The molecule has 0 bridgehead atoms. The molecular weight excluding hydrogens is 793 g/mol. The fourth-order valence-electron chi connectivity index (χ4n) is 9.57. The van der Waals surface area contributed by atoms with E-state index in [2.05, 4.69) is 279 Å². The molecule has 11 rings (SSSR count). The van der Waals surface area contributed by atoms with E-state index >= 15 is 0 Å². The molecule has 0 nitrogen and oxygen atoms in total. The van der Waals surface area contributed by atoms with Gasteiger partial charge in [0.15, 0.2) is 0 Å². The Hall–Kier alpha value is -8.58. The highest BCUT2D eigenvalue weighted by Crippen LogP contribution is 2.46. The van der Waals surface area contributed by atoms with E-state index in [0.717, 1.165) is 11.1 Å². The monoisotopic (exact) mass is 838 g/mol. The standard InChI is InChI=1S/C66H46/c1-7-23-49(24-8-1)55-39-47(43-63(51-27-11-3-12-28-51)52-29-13-4-14-30-52)41-57(45-55)65-59-35-19-21-37-61(59)66(62-38-22-20-36-60(62)65)58-42-48(40-56(46-58)50-25-9-2-10-26-50)44-64(53-31-15-5-16-32-53)54-33-17-6-18-34-54/h1-46H. The first kappa shape index (κ1) is 40.2. The van der Waals surface area contributed by atoms with E-state index < -0.39 is 0 Å². The van der Waals surface area contributed by atoms with Crippen molar-refractivity contribution in [3.63, 3.8) is 0 Å². The summed E-state index contributed by atoms with van der Waals surface area (Å²) in [5.41, 5.74) is 18.9. The van der Waals surface area contributed by atoms with E-state index in [0.29, 0.717) is 0 Å². The summed E-state index contributed by atoms with van der Waals surface area (Å²) >= 11 is 0. The van der Waals surface area contributed by atoms with Gasteiger partial charge in [-0.15, -0.1) is 0 Å². The van der Waals surface area contributed by atoms with Crippen LogP contribution < -0.4 is 0 Å². The lowest BCUT2D eigenvalue weighted by Crippen LogP contribution is -1.94. The van der Waals surface area contributed by atoms with E-state index in [-0.39, 0.29) is 0 Å². The molecule has 0 aliphatic rings. The SMILES string of the molecule is C(=C(c1ccccc1)c1ccccc1)c1cc(-c2ccccc2)cc(-c2c3ccccc3c(-c3cc(C=C(c4ccccc4)c4ccccc4)cc(-c4ccccc4)c3)c3ccccc23)c1. The molecule has 66 heavy (non-hydrogen) atoms. The highest BCUT2D eigenvalue weighted by atomic mass is 14.2. The van der Waals surface area contributed by atoms with Gasteiger partial charge in [0.2, 0.25) is 0 Å². The smallest absolute Gasteiger partial charge is 0.00259 e. The van der Waals surface area contributed by atoms with Gasteiger partial charge in [-0.25, -0.2) is 0 Å². The van der Waals surface area contributed by atoms with Crippen molar-refractivity contribution in [1.82, 2.24) is 0 Å². The number of hydrogen-bond acceptors (Lipinski definition) is 0. The maximum Gasteiger partial charge on any atom is -0.00259 e. The Morgan fingerprint density at radius 2 is 0.455 bits per heavy atom. The van der Waals surface area contributed by atoms with Crippen LogP contribution in [0.15, 0.2) is 267 Å². The summed E-state index contributed by atoms with van der Waals surface area (Å²) in [6, 6.07) is 96.8. The zero-order valence-corrected chi connectivity index (χ0v) is 36.6. The van der Waals surface area contributed by atoms with Crippen LogP contribution in [0.4, 0.5) is 0 Å². The van der Waals surface area contributed by atoms with Gasteiger partial charge in [0.1, 0.15) is 0 Å². The third-order valence-electron chi connectivity index (χ3n) is 12.6. The van der Waals surface area contributed by atoms with Gasteiger partial charge in [-0.3, -0.25) is 0 Å². The summed E-state index contributed by atoms with van der Waals surface area (Å²) < 4.78 is 0. The molecule has 0 aliphatic carbocycles. The van der Waals surface area contributed by atoms with Crippen LogP contribution in [-0.4, -0.2) is 0 Å². The van der Waals surface area contributed by atoms with E-state index in [1.807, 2.05) is 0 Å². The molecule has 0 N–H and O–H groups in total. The van der Waals surface area contributed by atoms with Crippen LogP contribution in [0.2, 0.25) is 0 Å². The predicted octanol–water partition coefficient (Wildman–Crippen LogP) is 17.8. The van der Waals surface area contributed by atoms with Crippen LogP contribution >= 0.6 is 0 Å². The summed E-state index contributed by atoms with van der Waals surface area (Å²) in [4.78, 5) is 0. The minimum absolute atomic E-state index is 1.14. The van der Waals surface area contributed by atoms with Crippen molar-refractivity contribution in [3.8, 4) is 44.5 Å². The van der Waals surface area contributed by atoms with Gasteiger partial charge < -0.3 is 0 Å². The van der Waals surface area contributed by atoms with Crippen molar-refractivity contribution in [3.05, 3.63) is 300 Å². The average molecular weight is 839 g/mol. The maximum atomic E-state index is 2.39. The van der Waals surface area contributed by atoms with Gasteiger partial charge in [0, 0.05) is 0 Å². The number of fused-ring (bicyclic) bond motifs is 2. The molecule has 0 atom stereocenters. The number of hydrogen-bond donors (Lipinski definition) is 0. The Balaban J connectivity index is 1.17. The second-order valence-electron chi connectivity index (χ2n) is 16.8. The lowest BCUT2D eigenvalue weighted by Gasteiger charge is -2.20. The molecule has 0 aliphatic heterocycles.